The Balaban J connectivity index is 6.22. The van der Waals surface area contributed by atoms with Crippen LogP contribution in [0.5, 0.6) is 0 Å². The maximum Gasteiger partial charge on any atom is 0.460 e. The van der Waals surface area contributed by atoms with E-state index in [-0.39, 0.29) is 0 Å². The summed E-state index contributed by atoms with van der Waals surface area (Å²) in [6.45, 7) is 0. The van der Waals surface area contributed by atoms with E-state index in [1.807, 2.05) is 0 Å². The molecule has 1 unspecified atom stereocenters. The van der Waals surface area contributed by atoms with Gasteiger partial charge in [0.15, 0.2) is 0 Å². The third kappa shape index (κ3) is 2.41. The normalized spacial score (nSPS) is 18.8. The van der Waals surface area contributed by atoms with E-state index < -0.39 is 38.5 Å². The molecule has 0 bridgehead atoms. The van der Waals surface area contributed by atoms with Crippen molar-refractivity contribution in [3.8, 4) is 0 Å². The lowest BCUT2D eigenvalue weighted by Gasteiger charge is -2.36. The Kier molecular flexibility index (Phi) is 4.38. The second kappa shape index (κ2) is 4.50. The molecule has 15 heteroatoms. The molecule has 0 heterocycles. The molecule has 0 rings (SSSR count). The summed E-state index contributed by atoms with van der Waals surface area (Å²) in [6.07, 6.45) is -7.29. The smallest absolute Gasteiger partial charge is 0.282 e. The van der Waals surface area contributed by atoms with Crippen LogP contribution in [0.4, 0.5) is 43.9 Å². The molecule has 0 saturated carbocycles. The number of alkyl halides is 11. The van der Waals surface area contributed by atoms with Gasteiger partial charge in [0.25, 0.3) is 0 Å². The van der Waals surface area contributed by atoms with Gasteiger partial charge in [0, 0.05) is 0 Å². The first-order chi connectivity index (χ1) is 8.25. The standard InChI is InChI=1S/C5HClF10O3S/c6-4(13,20(17,18)19)2(9,10)1(7,8)3(11,12)5(14,15)16/h(H,17,18,19). The van der Waals surface area contributed by atoms with Crippen molar-refractivity contribution >= 4 is 21.7 Å². The fourth-order valence-electron chi connectivity index (χ4n) is 0.720. The molecule has 0 saturated heterocycles. The van der Waals surface area contributed by atoms with Gasteiger partial charge in [-0.15, -0.1) is 0 Å². The zero-order valence-corrected chi connectivity index (χ0v) is 9.90. The van der Waals surface area contributed by atoms with Crippen LogP contribution in [-0.4, -0.2) is 41.4 Å². The molecule has 0 aromatic rings. The highest BCUT2D eigenvalue weighted by molar-refractivity contribution is 7.88. The highest BCUT2D eigenvalue weighted by atomic mass is 35.5. The van der Waals surface area contributed by atoms with Crippen LogP contribution < -0.4 is 0 Å². The molecule has 20 heavy (non-hydrogen) atoms. The van der Waals surface area contributed by atoms with E-state index in [0.717, 1.165) is 0 Å². The van der Waals surface area contributed by atoms with Crippen LogP contribution in [0.2, 0.25) is 0 Å². The lowest BCUT2D eigenvalue weighted by Crippen LogP contribution is -2.67. The molecule has 0 aromatic heterocycles. The molecule has 0 aliphatic rings. The van der Waals surface area contributed by atoms with E-state index in [4.69, 9.17) is 4.55 Å². The third-order valence-corrected chi connectivity index (χ3v) is 3.56. The molecule has 0 radical (unpaired) electrons. The summed E-state index contributed by atoms with van der Waals surface area (Å²) in [4.78, 5) is 0. The van der Waals surface area contributed by atoms with Crippen LogP contribution in [0.3, 0.4) is 0 Å². The first-order valence-corrected chi connectivity index (χ1v) is 5.62. The number of rotatable bonds is 4. The quantitative estimate of drug-likeness (QED) is 0.472. The van der Waals surface area contributed by atoms with Crippen LogP contribution in [0.25, 0.3) is 0 Å². The monoisotopic (exact) mass is 366 g/mol. The van der Waals surface area contributed by atoms with Crippen LogP contribution in [0.1, 0.15) is 0 Å². The predicted molar refractivity (Wildman–Crippen MR) is 42.1 cm³/mol. The second-order valence-corrected chi connectivity index (χ2v) is 5.47. The van der Waals surface area contributed by atoms with Crippen molar-refractivity contribution < 1.29 is 56.9 Å². The predicted octanol–water partition coefficient (Wildman–Crippen LogP) is 3.20. The fourth-order valence-corrected chi connectivity index (χ4v) is 1.29. The van der Waals surface area contributed by atoms with E-state index in [1.54, 1.807) is 0 Å². The molecule has 1 N–H and O–H groups in total. The second-order valence-electron chi connectivity index (χ2n) is 3.21. The van der Waals surface area contributed by atoms with Gasteiger partial charge in [0.2, 0.25) is 0 Å². The molecule has 0 aromatic carbocycles. The minimum atomic E-state index is -7.62. The van der Waals surface area contributed by atoms with Gasteiger partial charge in [0.05, 0.1) is 0 Å². The van der Waals surface area contributed by atoms with Crippen molar-refractivity contribution in [2.75, 3.05) is 0 Å². The Morgan fingerprint density at radius 3 is 1.20 bits per heavy atom. The first kappa shape index (κ1) is 19.5. The SMILES string of the molecule is O=S(=O)(O)C(F)(Cl)C(F)(F)C(F)(F)C(F)(F)C(F)(F)F. The Bertz CT molecular complexity index is 480. The van der Waals surface area contributed by atoms with Crippen LogP contribution in [-0.2, 0) is 10.1 Å². The average Bonchev–Trinajstić information content (AvgIpc) is 2.12. The lowest BCUT2D eigenvalue weighted by molar-refractivity contribution is -0.401. The highest BCUT2D eigenvalue weighted by Gasteiger charge is 2.88. The Morgan fingerprint density at radius 1 is 0.700 bits per heavy atom. The van der Waals surface area contributed by atoms with Crippen LogP contribution in [0.15, 0.2) is 0 Å². The van der Waals surface area contributed by atoms with Crippen molar-refractivity contribution in [3.05, 3.63) is 0 Å². The number of hydrogen-bond donors (Lipinski definition) is 1. The molecular formula is C5HClF10O3S. The minimum Gasteiger partial charge on any atom is -0.282 e. The minimum absolute atomic E-state index is 3.71. The largest absolute Gasteiger partial charge is 0.460 e. The molecule has 0 aliphatic carbocycles. The van der Waals surface area contributed by atoms with E-state index in [2.05, 4.69) is 11.6 Å². The average molecular weight is 367 g/mol. The molecule has 3 nitrogen and oxygen atoms in total. The summed E-state index contributed by atoms with van der Waals surface area (Å²) in [7, 11) is -6.98. The number of hydrogen-bond acceptors (Lipinski definition) is 2. The first-order valence-electron chi connectivity index (χ1n) is 3.80. The van der Waals surface area contributed by atoms with Crippen LogP contribution in [0, 0.1) is 0 Å². The summed E-state index contributed by atoms with van der Waals surface area (Å²) < 4.78 is 144. The molecule has 0 aliphatic heterocycles. The Morgan fingerprint density at radius 2 is 1.00 bits per heavy atom. The fraction of sp³-hybridized carbons (Fsp3) is 1.00. The molecular weight excluding hydrogens is 366 g/mol. The van der Waals surface area contributed by atoms with Crippen LogP contribution >= 0.6 is 11.6 Å². The van der Waals surface area contributed by atoms with Gasteiger partial charge in [-0.3, -0.25) is 4.55 Å². The van der Waals surface area contributed by atoms with Crippen molar-refractivity contribution in [2.24, 2.45) is 0 Å². The van der Waals surface area contributed by atoms with Gasteiger partial charge in [-0.1, -0.05) is 11.6 Å². The van der Waals surface area contributed by atoms with Gasteiger partial charge >= 0.3 is 38.5 Å². The van der Waals surface area contributed by atoms with Gasteiger partial charge in [-0.2, -0.15) is 52.3 Å². The van der Waals surface area contributed by atoms with E-state index in [0.29, 0.717) is 0 Å². The van der Waals surface area contributed by atoms with Gasteiger partial charge in [-0.05, 0) is 0 Å². The molecule has 0 fully saturated rings. The zero-order chi connectivity index (χ0) is 17.0. The van der Waals surface area contributed by atoms with Gasteiger partial charge in [0.1, 0.15) is 0 Å². The Labute approximate surface area is 108 Å². The summed E-state index contributed by atoms with van der Waals surface area (Å²) in [5.74, 6) is -22.5. The maximum atomic E-state index is 12.8. The summed E-state index contributed by atoms with van der Waals surface area (Å²) in [5.41, 5.74) is 0. The van der Waals surface area contributed by atoms with Crippen molar-refractivity contribution in [1.82, 2.24) is 0 Å². The van der Waals surface area contributed by atoms with Crippen molar-refractivity contribution in [2.45, 2.75) is 28.4 Å². The highest BCUT2D eigenvalue weighted by Crippen LogP contribution is 2.58. The summed E-state index contributed by atoms with van der Waals surface area (Å²) in [6, 6.07) is 0. The zero-order valence-electron chi connectivity index (χ0n) is 8.33. The topological polar surface area (TPSA) is 54.4 Å². The molecule has 0 amide bonds. The summed E-state index contributed by atoms with van der Waals surface area (Å²) >= 11 is 3.71. The van der Waals surface area contributed by atoms with Crippen molar-refractivity contribution in [1.29, 1.82) is 0 Å². The van der Waals surface area contributed by atoms with E-state index in [9.17, 15) is 52.3 Å². The number of halogens is 11. The summed E-state index contributed by atoms with van der Waals surface area (Å²) in [5, 5.41) is 0. The van der Waals surface area contributed by atoms with Gasteiger partial charge < -0.3 is 0 Å². The molecule has 0 spiro atoms. The van der Waals surface area contributed by atoms with E-state index >= 15 is 0 Å². The Hall–Kier alpha value is -0.500. The molecule has 1 atom stereocenters. The molecule has 122 valence electrons. The van der Waals surface area contributed by atoms with Gasteiger partial charge in [-0.25, -0.2) is 0 Å². The maximum absolute atomic E-state index is 12.8. The van der Waals surface area contributed by atoms with Crippen molar-refractivity contribution in [3.63, 3.8) is 0 Å². The van der Waals surface area contributed by atoms with E-state index in [1.165, 1.54) is 0 Å². The lowest BCUT2D eigenvalue weighted by atomic mass is 10.0. The third-order valence-electron chi connectivity index (χ3n) is 1.83.